The summed E-state index contributed by atoms with van der Waals surface area (Å²) >= 11 is 1.83. The van der Waals surface area contributed by atoms with Crippen LogP contribution in [0.1, 0.15) is 63.8 Å². The summed E-state index contributed by atoms with van der Waals surface area (Å²) in [4.78, 5) is 0. The number of thiophene rings is 1. The van der Waals surface area contributed by atoms with Crippen molar-refractivity contribution in [1.29, 1.82) is 0 Å². The number of hydrogen-bond donors (Lipinski definition) is 1. The fraction of sp³-hybridized carbons (Fsp3) is 0.417. The first-order valence-corrected chi connectivity index (χ1v) is 10.2. The molecule has 138 valence electrons. The van der Waals surface area contributed by atoms with Gasteiger partial charge >= 0.3 is 0 Å². The molecule has 0 spiro atoms. The summed E-state index contributed by atoms with van der Waals surface area (Å²) in [6.45, 7) is 18.0. The zero-order chi connectivity index (χ0) is 19.3. The van der Waals surface area contributed by atoms with Crippen LogP contribution in [0.15, 0.2) is 36.4 Å². The van der Waals surface area contributed by atoms with E-state index >= 15 is 0 Å². The lowest BCUT2D eigenvalue weighted by Crippen LogP contribution is -2.12. The van der Waals surface area contributed by atoms with E-state index in [4.69, 9.17) is 0 Å². The largest absolute Gasteiger partial charge is 0.347 e. The minimum atomic E-state index is 0.176. The van der Waals surface area contributed by atoms with Crippen molar-refractivity contribution in [3.8, 4) is 0 Å². The van der Waals surface area contributed by atoms with Gasteiger partial charge in [-0.3, -0.25) is 0 Å². The van der Waals surface area contributed by atoms with Gasteiger partial charge in [0.05, 0.1) is 5.00 Å². The number of benzene rings is 2. The molecule has 26 heavy (non-hydrogen) atoms. The number of aryl methyl sites for hydroxylation is 2. The minimum Gasteiger partial charge on any atom is -0.347 e. The van der Waals surface area contributed by atoms with Gasteiger partial charge in [-0.05, 0) is 70.5 Å². The Morgan fingerprint density at radius 3 is 1.85 bits per heavy atom. The third-order valence-electron chi connectivity index (χ3n) is 5.03. The molecular weight excluding hydrogens is 334 g/mol. The van der Waals surface area contributed by atoms with E-state index in [9.17, 15) is 0 Å². The lowest BCUT2D eigenvalue weighted by Gasteiger charge is -2.22. The SMILES string of the molecule is Cc1cc(C(C)(C)C)cc(C)c1Nc1cc2cc(C(C)(C)C)ccc2s1. The van der Waals surface area contributed by atoms with Crippen molar-refractivity contribution in [2.24, 2.45) is 0 Å². The molecule has 3 aromatic rings. The molecule has 2 heteroatoms. The first-order chi connectivity index (χ1) is 11.9. The molecule has 0 amide bonds. The van der Waals surface area contributed by atoms with Crippen LogP contribution in [0, 0.1) is 13.8 Å². The van der Waals surface area contributed by atoms with Crippen LogP contribution in [0.2, 0.25) is 0 Å². The molecule has 0 fully saturated rings. The van der Waals surface area contributed by atoms with Gasteiger partial charge in [0.25, 0.3) is 0 Å². The summed E-state index contributed by atoms with van der Waals surface area (Å²) in [5.74, 6) is 0. The van der Waals surface area contributed by atoms with E-state index < -0.39 is 0 Å². The maximum Gasteiger partial charge on any atom is 0.0939 e. The van der Waals surface area contributed by atoms with E-state index in [1.165, 1.54) is 43.0 Å². The van der Waals surface area contributed by atoms with Crippen molar-refractivity contribution in [2.75, 3.05) is 5.32 Å². The molecule has 0 radical (unpaired) electrons. The topological polar surface area (TPSA) is 12.0 Å². The fourth-order valence-electron chi connectivity index (χ4n) is 3.29. The van der Waals surface area contributed by atoms with Gasteiger partial charge in [0.1, 0.15) is 0 Å². The molecule has 0 aliphatic carbocycles. The second-order valence-electron chi connectivity index (χ2n) is 9.47. The van der Waals surface area contributed by atoms with Crippen LogP contribution in [0.4, 0.5) is 10.7 Å². The van der Waals surface area contributed by atoms with E-state index in [2.05, 4.69) is 97.1 Å². The Labute approximate surface area is 162 Å². The van der Waals surface area contributed by atoms with Crippen LogP contribution in [0.3, 0.4) is 0 Å². The second kappa shape index (κ2) is 6.42. The number of hydrogen-bond acceptors (Lipinski definition) is 2. The van der Waals surface area contributed by atoms with Crippen LogP contribution in [0.5, 0.6) is 0 Å². The van der Waals surface area contributed by atoms with Crippen molar-refractivity contribution < 1.29 is 0 Å². The predicted molar refractivity (Wildman–Crippen MR) is 118 cm³/mol. The van der Waals surface area contributed by atoms with E-state index in [0.29, 0.717) is 0 Å². The first-order valence-electron chi connectivity index (χ1n) is 9.38. The van der Waals surface area contributed by atoms with Gasteiger partial charge in [0.2, 0.25) is 0 Å². The van der Waals surface area contributed by atoms with Gasteiger partial charge in [0.15, 0.2) is 0 Å². The zero-order valence-electron chi connectivity index (χ0n) is 17.4. The molecule has 0 atom stereocenters. The van der Waals surface area contributed by atoms with Crippen LogP contribution < -0.4 is 5.32 Å². The molecule has 0 saturated carbocycles. The van der Waals surface area contributed by atoms with E-state index in [1.54, 1.807) is 0 Å². The third kappa shape index (κ3) is 3.81. The van der Waals surface area contributed by atoms with Gasteiger partial charge in [-0.15, -0.1) is 11.3 Å². The predicted octanol–water partition coefficient (Wildman–Crippen LogP) is 7.86. The van der Waals surface area contributed by atoms with Crippen LogP contribution in [-0.4, -0.2) is 0 Å². The molecule has 1 aromatic heterocycles. The summed E-state index contributed by atoms with van der Waals surface area (Å²) in [6, 6.07) is 13.8. The summed E-state index contributed by atoms with van der Waals surface area (Å²) in [5, 5.41) is 6.22. The Morgan fingerprint density at radius 2 is 1.31 bits per heavy atom. The highest BCUT2D eigenvalue weighted by Gasteiger charge is 2.17. The molecule has 2 aromatic carbocycles. The second-order valence-corrected chi connectivity index (χ2v) is 10.6. The normalized spacial score (nSPS) is 12.6. The van der Waals surface area contributed by atoms with E-state index in [-0.39, 0.29) is 10.8 Å². The highest BCUT2D eigenvalue weighted by molar-refractivity contribution is 7.22. The standard InChI is InChI=1S/C24H31NS/c1-15-11-19(24(6,7)8)12-16(2)22(15)25-21-14-17-13-18(23(3,4)5)9-10-20(17)26-21/h9-14,25H,1-8H3. The fourth-order valence-corrected chi connectivity index (χ4v) is 4.24. The third-order valence-corrected chi connectivity index (χ3v) is 6.06. The molecule has 0 aliphatic heterocycles. The van der Waals surface area contributed by atoms with Crippen molar-refractivity contribution in [3.63, 3.8) is 0 Å². The number of anilines is 2. The van der Waals surface area contributed by atoms with Crippen molar-refractivity contribution >= 4 is 32.1 Å². The van der Waals surface area contributed by atoms with Gasteiger partial charge in [-0.1, -0.05) is 59.7 Å². The average Bonchev–Trinajstić information content (AvgIpc) is 2.90. The maximum absolute atomic E-state index is 3.69. The van der Waals surface area contributed by atoms with E-state index in [0.717, 1.165) is 0 Å². The van der Waals surface area contributed by atoms with Gasteiger partial charge in [-0.2, -0.15) is 0 Å². The van der Waals surface area contributed by atoms with Crippen molar-refractivity contribution in [1.82, 2.24) is 0 Å². The van der Waals surface area contributed by atoms with Crippen molar-refractivity contribution in [2.45, 2.75) is 66.2 Å². The van der Waals surface area contributed by atoms with Gasteiger partial charge in [0, 0.05) is 10.4 Å². The summed E-state index contributed by atoms with van der Waals surface area (Å²) in [6.07, 6.45) is 0. The highest BCUT2D eigenvalue weighted by atomic mass is 32.1. The molecule has 0 saturated heterocycles. The lowest BCUT2D eigenvalue weighted by atomic mass is 9.85. The van der Waals surface area contributed by atoms with Crippen molar-refractivity contribution in [3.05, 3.63) is 58.7 Å². The van der Waals surface area contributed by atoms with Crippen LogP contribution in [-0.2, 0) is 10.8 Å². The highest BCUT2D eigenvalue weighted by Crippen LogP contribution is 2.37. The Balaban J connectivity index is 1.96. The van der Waals surface area contributed by atoms with Crippen LogP contribution in [0.25, 0.3) is 10.1 Å². The molecule has 0 unspecified atom stereocenters. The molecule has 1 N–H and O–H groups in total. The Bertz CT molecular complexity index is 925. The average molecular weight is 366 g/mol. The number of fused-ring (bicyclic) bond motifs is 1. The van der Waals surface area contributed by atoms with Gasteiger partial charge in [-0.25, -0.2) is 0 Å². The smallest absolute Gasteiger partial charge is 0.0939 e. The number of rotatable bonds is 2. The summed E-state index contributed by atoms with van der Waals surface area (Å²) in [7, 11) is 0. The molecule has 1 nitrogen and oxygen atoms in total. The summed E-state index contributed by atoms with van der Waals surface area (Å²) < 4.78 is 1.34. The van der Waals surface area contributed by atoms with Crippen LogP contribution >= 0.6 is 11.3 Å². The number of nitrogens with one attached hydrogen (secondary N) is 1. The van der Waals surface area contributed by atoms with E-state index in [1.807, 2.05) is 11.3 Å². The monoisotopic (exact) mass is 365 g/mol. The molecule has 0 bridgehead atoms. The summed E-state index contributed by atoms with van der Waals surface area (Å²) in [5.41, 5.74) is 6.99. The Morgan fingerprint density at radius 1 is 0.731 bits per heavy atom. The Kier molecular flexibility index (Phi) is 4.69. The quantitative estimate of drug-likeness (QED) is 0.487. The zero-order valence-corrected chi connectivity index (χ0v) is 18.2. The molecule has 0 aliphatic rings. The first kappa shape index (κ1) is 19.0. The molecular formula is C24H31NS. The lowest BCUT2D eigenvalue weighted by molar-refractivity contribution is 0.589. The Hall–Kier alpha value is -1.80. The molecule has 1 heterocycles. The minimum absolute atomic E-state index is 0.176. The molecule has 3 rings (SSSR count). The van der Waals surface area contributed by atoms with Gasteiger partial charge < -0.3 is 5.32 Å². The maximum atomic E-state index is 3.69.